The average molecular weight is 357 g/mol. The maximum Gasteiger partial charge on any atom is 0.416 e. The van der Waals surface area contributed by atoms with Crippen molar-refractivity contribution in [2.75, 3.05) is 7.11 Å². The number of aromatic nitrogens is 1. The number of hydrogen-bond donors (Lipinski definition) is 0. The number of alkyl halides is 3. The zero-order chi connectivity index (χ0) is 18.7. The fourth-order valence-electron chi connectivity index (χ4n) is 2.62. The molecular formula is C20H14F3NO2. The Kier molecular flexibility index (Phi) is 4.75. The number of carbonyl (C=O) groups excluding carboxylic acids is 1. The number of pyridine rings is 1. The van der Waals surface area contributed by atoms with Crippen LogP contribution in [0.5, 0.6) is 5.75 Å². The molecule has 3 aromatic rings. The van der Waals surface area contributed by atoms with Crippen molar-refractivity contribution in [3.8, 4) is 16.9 Å². The van der Waals surface area contributed by atoms with Crippen molar-refractivity contribution in [3.63, 3.8) is 0 Å². The molecule has 132 valence electrons. The van der Waals surface area contributed by atoms with Crippen molar-refractivity contribution < 1.29 is 22.7 Å². The number of rotatable bonds is 4. The molecule has 0 spiro atoms. The van der Waals surface area contributed by atoms with Gasteiger partial charge in [0.15, 0.2) is 0 Å². The third kappa shape index (κ3) is 3.44. The molecule has 0 saturated carbocycles. The van der Waals surface area contributed by atoms with Crippen LogP contribution in [0.2, 0.25) is 0 Å². The molecule has 6 heteroatoms. The third-order valence-corrected chi connectivity index (χ3v) is 3.89. The number of carbonyl (C=O) groups is 1. The summed E-state index contributed by atoms with van der Waals surface area (Å²) in [6.45, 7) is 0. The molecule has 0 aliphatic heterocycles. The third-order valence-electron chi connectivity index (χ3n) is 3.89. The fourth-order valence-corrected chi connectivity index (χ4v) is 2.62. The van der Waals surface area contributed by atoms with E-state index < -0.39 is 17.5 Å². The summed E-state index contributed by atoms with van der Waals surface area (Å²) in [5.41, 5.74) is 0.706. The molecule has 0 bridgehead atoms. The monoisotopic (exact) mass is 357 g/mol. The predicted molar refractivity (Wildman–Crippen MR) is 91.1 cm³/mol. The van der Waals surface area contributed by atoms with Crippen molar-refractivity contribution >= 4 is 5.78 Å². The van der Waals surface area contributed by atoms with Crippen molar-refractivity contribution in [1.29, 1.82) is 0 Å². The van der Waals surface area contributed by atoms with Crippen LogP contribution in [-0.4, -0.2) is 17.9 Å². The second kappa shape index (κ2) is 7.00. The summed E-state index contributed by atoms with van der Waals surface area (Å²) in [4.78, 5) is 17.0. The largest absolute Gasteiger partial charge is 0.496 e. The molecule has 0 aliphatic carbocycles. The first-order valence-corrected chi connectivity index (χ1v) is 7.72. The maximum absolute atomic E-state index is 12.8. The molecule has 0 saturated heterocycles. The van der Waals surface area contributed by atoms with E-state index in [0.717, 1.165) is 24.3 Å². The van der Waals surface area contributed by atoms with Crippen molar-refractivity contribution in [2.24, 2.45) is 0 Å². The summed E-state index contributed by atoms with van der Waals surface area (Å²) < 4.78 is 43.4. The summed E-state index contributed by atoms with van der Waals surface area (Å²) in [7, 11) is 1.52. The molecule has 0 amide bonds. The van der Waals surface area contributed by atoms with Crippen molar-refractivity contribution in [2.45, 2.75) is 6.18 Å². The van der Waals surface area contributed by atoms with Gasteiger partial charge in [-0.2, -0.15) is 13.2 Å². The Morgan fingerprint density at radius 3 is 2.23 bits per heavy atom. The number of para-hydroxylation sites is 1. The molecule has 0 fully saturated rings. The van der Waals surface area contributed by atoms with Gasteiger partial charge in [0.25, 0.3) is 0 Å². The zero-order valence-electron chi connectivity index (χ0n) is 13.7. The zero-order valence-corrected chi connectivity index (χ0v) is 13.7. The molecule has 26 heavy (non-hydrogen) atoms. The Morgan fingerprint density at radius 2 is 1.58 bits per heavy atom. The summed E-state index contributed by atoms with van der Waals surface area (Å²) in [6.07, 6.45) is -2.98. The van der Waals surface area contributed by atoms with E-state index in [-0.39, 0.29) is 11.3 Å². The van der Waals surface area contributed by atoms with Crippen LogP contribution >= 0.6 is 0 Å². The Balaban J connectivity index is 2.04. The first-order chi connectivity index (χ1) is 12.4. The van der Waals surface area contributed by atoms with Crippen LogP contribution in [0.25, 0.3) is 11.1 Å². The van der Waals surface area contributed by atoms with Gasteiger partial charge in [0.2, 0.25) is 5.78 Å². The summed E-state index contributed by atoms with van der Waals surface area (Å²) in [6, 6.07) is 14.7. The van der Waals surface area contributed by atoms with Crippen LogP contribution in [0, 0.1) is 0 Å². The molecule has 0 aliphatic rings. The average Bonchev–Trinajstić information content (AvgIpc) is 2.67. The molecule has 0 N–H and O–H groups in total. The maximum atomic E-state index is 12.8. The van der Waals surface area contributed by atoms with E-state index in [2.05, 4.69) is 4.98 Å². The molecule has 3 nitrogen and oxygen atoms in total. The molecular weight excluding hydrogens is 343 g/mol. The van der Waals surface area contributed by atoms with Crippen LogP contribution in [-0.2, 0) is 6.18 Å². The van der Waals surface area contributed by atoms with Gasteiger partial charge in [-0.3, -0.25) is 9.78 Å². The van der Waals surface area contributed by atoms with Gasteiger partial charge in [-0.15, -0.1) is 0 Å². The number of methoxy groups -OCH3 is 1. The van der Waals surface area contributed by atoms with E-state index in [1.54, 1.807) is 36.4 Å². The lowest BCUT2D eigenvalue weighted by Gasteiger charge is -2.12. The van der Waals surface area contributed by atoms with E-state index in [4.69, 9.17) is 4.74 Å². The lowest BCUT2D eigenvalue weighted by Crippen LogP contribution is -2.09. The topological polar surface area (TPSA) is 39.2 Å². The van der Waals surface area contributed by atoms with Crippen LogP contribution in [0.1, 0.15) is 21.6 Å². The van der Waals surface area contributed by atoms with E-state index in [0.29, 0.717) is 16.9 Å². The lowest BCUT2D eigenvalue weighted by molar-refractivity contribution is -0.137. The fraction of sp³-hybridized carbons (Fsp3) is 0.100. The van der Waals surface area contributed by atoms with E-state index >= 15 is 0 Å². The number of benzene rings is 2. The van der Waals surface area contributed by atoms with E-state index in [9.17, 15) is 18.0 Å². The Morgan fingerprint density at radius 1 is 0.923 bits per heavy atom. The van der Waals surface area contributed by atoms with E-state index in [1.807, 2.05) is 0 Å². The standard InChI is InChI=1S/C20H14F3NO2/c1-26-17-7-3-2-5-15(17)16-6-4-12-24-18(16)19(25)13-8-10-14(11-9-13)20(21,22)23/h2-12H,1H3. The van der Waals surface area contributed by atoms with Crippen LogP contribution in [0.15, 0.2) is 66.9 Å². The summed E-state index contributed by atoms with van der Waals surface area (Å²) in [5.74, 6) is 0.113. The van der Waals surface area contributed by atoms with Gasteiger partial charge in [0.1, 0.15) is 11.4 Å². The second-order valence-corrected chi connectivity index (χ2v) is 5.50. The Labute approximate surface area is 148 Å². The number of halogens is 3. The number of ketones is 1. The number of ether oxygens (including phenoxy) is 1. The molecule has 0 radical (unpaired) electrons. The van der Waals surface area contributed by atoms with Gasteiger partial charge < -0.3 is 4.74 Å². The minimum Gasteiger partial charge on any atom is -0.496 e. The quantitative estimate of drug-likeness (QED) is 0.617. The highest BCUT2D eigenvalue weighted by atomic mass is 19.4. The highest BCUT2D eigenvalue weighted by Gasteiger charge is 2.30. The van der Waals surface area contributed by atoms with Crippen molar-refractivity contribution in [3.05, 3.63) is 83.7 Å². The van der Waals surface area contributed by atoms with Crippen molar-refractivity contribution in [1.82, 2.24) is 4.98 Å². The van der Waals surface area contributed by atoms with Gasteiger partial charge >= 0.3 is 6.18 Å². The number of hydrogen-bond acceptors (Lipinski definition) is 3. The normalized spacial score (nSPS) is 11.2. The molecule has 0 unspecified atom stereocenters. The minimum atomic E-state index is -4.45. The molecule has 1 heterocycles. The SMILES string of the molecule is COc1ccccc1-c1cccnc1C(=O)c1ccc(C(F)(F)F)cc1. The van der Waals surface area contributed by atoms with Gasteiger partial charge in [-0.1, -0.05) is 36.4 Å². The van der Waals surface area contributed by atoms with Gasteiger partial charge in [0, 0.05) is 22.9 Å². The summed E-state index contributed by atoms with van der Waals surface area (Å²) >= 11 is 0. The van der Waals surface area contributed by atoms with Crippen LogP contribution in [0.3, 0.4) is 0 Å². The molecule has 1 aromatic heterocycles. The lowest BCUT2D eigenvalue weighted by atomic mass is 9.97. The Hall–Kier alpha value is -3.15. The van der Waals surface area contributed by atoms with Gasteiger partial charge in [-0.05, 0) is 24.3 Å². The molecule has 2 aromatic carbocycles. The predicted octanol–water partition coefficient (Wildman–Crippen LogP) is 5.01. The first kappa shape index (κ1) is 17.7. The number of nitrogens with zero attached hydrogens (tertiary/aromatic N) is 1. The first-order valence-electron chi connectivity index (χ1n) is 7.72. The highest BCUT2D eigenvalue weighted by Crippen LogP contribution is 2.33. The smallest absolute Gasteiger partial charge is 0.416 e. The Bertz CT molecular complexity index is 934. The van der Waals surface area contributed by atoms with Gasteiger partial charge in [0.05, 0.1) is 12.7 Å². The molecule has 0 atom stereocenters. The molecule has 3 rings (SSSR count). The minimum absolute atomic E-state index is 0.132. The van der Waals surface area contributed by atoms with Gasteiger partial charge in [-0.25, -0.2) is 0 Å². The highest BCUT2D eigenvalue weighted by molar-refractivity contribution is 6.11. The van der Waals surface area contributed by atoms with Crippen LogP contribution < -0.4 is 4.74 Å². The van der Waals surface area contributed by atoms with Crippen LogP contribution in [0.4, 0.5) is 13.2 Å². The summed E-state index contributed by atoms with van der Waals surface area (Å²) in [5, 5.41) is 0. The second-order valence-electron chi connectivity index (χ2n) is 5.50. The van der Waals surface area contributed by atoms with E-state index in [1.165, 1.54) is 13.3 Å².